The standard InChI is InChI=1S/C20H27N3O2/c1-14(2)19(24)22-10-7-11-23(13-12-22)20(25)18-15(3)21(4)17-9-6-5-8-16(17)18/h5-6,8-9,14H,7,10-13H2,1-4H3. The highest BCUT2D eigenvalue weighted by molar-refractivity contribution is 6.08. The lowest BCUT2D eigenvalue weighted by atomic mass is 10.1. The molecule has 0 atom stereocenters. The Morgan fingerprint density at radius 2 is 1.64 bits per heavy atom. The van der Waals surface area contributed by atoms with Crippen LogP contribution in [0.2, 0.25) is 0 Å². The lowest BCUT2D eigenvalue weighted by Gasteiger charge is -2.23. The van der Waals surface area contributed by atoms with Gasteiger partial charge in [-0.25, -0.2) is 0 Å². The van der Waals surface area contributed by atoms with E-state index in [4.69, 9.17) is 0 Å². The van der Waals surface area contributed by atoms with Gasteiger partial charge in [-0.2, -0.15) is 0 Å². The highest BCUT2D eigenvalue weighted by Crippen LogP contribution is 2.26. The fraction of sp³-hybridized carbons (Fsp3) is 0.500. The molecule has 1 fully saturated rings. The second-order valence-electron chi connectivity index (χ2n) is 7.16. The highest BCUT2D eigenvalue weighted by Gasteiger charge is 2.27. The Kier molecular flexibility index (Phi) is 4.84. The molecule has 134 valence electrons. The molecular weight excluding hydrogens is 314 g/mol. The summed E-state index contributed by atoms with van der Waals surface area (Å²) in [6.45, 7) is 8.50. The Morgan fingerprint density at radius 1 is 1.00 bits per heavy atom. The third-order valence-corrected chi connectivity index (χ3v) is 5.20. The van der Waals surface area contributed by atoms with E-state index in [0.29, 0.717) is 19.6 Å². The van der Waals surface area contributed by atoms with Gasteiger partial charge in [-0.3, -0.25) is 9.59 Å². The van der Waals surface area contributed by atoms with Crippen LogP contribution >= 0.6 is 0 Å². The van der Waals surface area contributed by atoms with E-state index >= 15 is 0 Å². The van der Waals surface area contributed by atoms with Gasteiger partial charge in [-0.1, -0.05) is 32.0 Å². The van der Waals surface area contributed by atoms with Gasteiger partial charge in [0.15, 0.2) is 0 Å². The van der Waals surface area contributed by atoms with E-state index in [2.05, 4.69) is 4.57 Å². The SMILES string of the molecule is Cc1c(C(=O)N2CCCN(C(=O)C(C)C)CC2)c2ccccc2n1C. The predicted molar refractivity (Wildman–Crippen MR) is 99.6 cm³/mol. The lowest BCUT2D eigenvalue weighted by molar-refractivity contribution is -0.134. The number of aryl methyl sites for hydroxylation is 1. The molecule has 1 aliphatic heterocycles. The molecule has 1 aromatic carbocycles. The normalized spacial score (nSPS) is 15.7. The van der Waals surface area contributed by atoms with Gasteiger partial charge in [0, 0.05) is 55.7 Å². The molecule has 5 heteroatoms. The van der Waals surface area contributed by atoms with E-state index in [0.717, 1.165) is 35.1 Å². The van der Waals surface area contributed by atoms with E-state index in [9.17, 15) is 9.59 Å². The molecule has 0 saturated carbocycles. The van der Waals surface area contributed by atoms with Crippen molar-refractivity contribution in [3.63, 3.8) is 0 Å². The summed E-state index contributed by atoms with van der Waals surface area (Å²) < 4.78 is 2.08. The third-order valence-electron chi connectivity index (χ3n) is 5.20. The molecule has 1 saturated heterocycles. The second-order valence-corrected chi connectivity index (χ2v) is 7.16. The monoisotopic (exact) mass is 341 g/mol. The largest absolute Gasteiger partial charge is 0.347 e. The fourth-order valence-corrected chi connectivity index (χ4v) is 3.65. The molecule has 0 aliphatic carbocycles. The molecule has 2 heterocycles. The maximum absolute atomic E-state index is 13.2. The summed E-state index contributed by atoms with van der Waals surface area (Å²) in [6.07, 6.45) is 0.827. The van der Waals surface area contributed by atoms with Crippen LogP contribution in [0.1, 0.15) is 36.3 Å². The fourth-order valence-electron chi connectivity index (χ4n) is 3.65. The van der Waals surface area contributed by atoms with E-state index in [1.54, 1.807) is 0 Å². The molecule has 0 bridgehead atoms. The van der Waals surface area contributed by atoms with Crippen LogP contribution in [0, 0.1) is 12.8 Å². The Bertz CT molecular complexity index is 807. The summed E-state index contributed by atoms with van der Waals surface area (Å²) in [7, 11) is 2.00. The van der Waals surface area contributed by atoms with Gasteiger partial charge in [0.05, 0.1) is 5.56 Å². The summed E-state index contributed by atoms with van der Waals surface area (Å²) in [6, 6.07) is 8.04. The molecule has 0 N–H and O–H groups in total. The molecule has 0 radical (unpaired) electrons. The minimum absolute atomic E-state index is 0.00237. The lowest BCUT2D eigenvalue weighted by Crippen LogP contribution is -2.39. The van der Waals surface area contributed by atoms with Crippen LogP contribution < -0.4 is 0 Å². The number of hydrogen-bond acceptors (Lipinski definition) is 2. The van der Waals surface area contributed by atoms with Gasteiger partial charge < -0.3 is 14.4 Å². The van der Waals surface area contributed by atoms with Gasteiger partial charge in [-0.05, 0) is 19.4 Å². The summed E-state index contributed by atoms with van der Waals surface area (Å²) in [4.78, 5) is 29.3. The maximum Gasteiger partial charge on any atom is 0.256 e. The minimum Gasteiger partial charge on any atom is -0.347 e. The number of fused-ring (bicyclic) bond motifs is 1. The molecule has 0 unspecified atom stereocenters. The average molecular weight is 341 g/mol. The van der Waals surface area contributed by atoms with Crippen LogP contribution in [0.5, 0.6) is 0 Å². The quantitative estimate of drug-likeness (QED) is 0.843. The van der Waals surface area contributed by atoms with Crippen molar-refractivity contribution in [2.24, 2.45) is 13.0 Å². The van der Waals surface area contributed by atoms with Crippen LogP contribution in [-0.4, -0.2) is 52.4 Å². The van der Waals surface area contributed by atoms with Crippen LogP contribution in [-0.2, 0) is 11.8 Å². The zero-order valence-corrected chi connectivity index (χ0v) is 15.6. The molecule has 3 rings (SSSR count). The van der Waals surface area contributed by atoms with E-state index in [1.165, 1.54) is 0 Å². The first-order valence-electron chi connectivity index (χ1n) is 9.04. The van der Waals surface area contributed by atoms with Crippen LogP contribution in [0.3, 0.4) is 0 Å². The summed E-state index contributed by atoms with van der Waals surface area (Å²) >= 11 is 0. The van der Waals surface area contributed by atoms with Crippen LogP contribution in [0.15, 0.2) is 24.3 Å². The van der Waals surface area contributed by atoms with Crippen molar-refractivity contribution in [3.8, 4) is 0 Å². The van der Waals surface area contributed by atoms with Gasteiger partial charge in [0.1, 0.15) is 0 Å². The Balaban J connectivity index is 1.85. The molecule has 1 aromatic heterocycles. The van der Waals surface area contributed by atoms with E-state index in [-0.39, 0.29) is 17.7 Å². The van der Waals surface area contributed by atoms with Crippen molar-refractivity contribution in [1.82, 2.24) is 14.4 Å². The Hall–Kier alpha value is -2.30. The van der Waals surface area contributed by atoms with Crippen LogP contribution in [0.25, 0.3) is 10.9 Å². The van der Waals surface area contributed by atoms with Gasteiger partial charge in [0.25, 0.3) is 5.91 Å². The van der Waals surface area contributed by atoms with Gasteiger partial charge in [-0.15, -0.1) is 0 Å². The number of benzene rings is 1. The summed E-state index contributed by atoms with van der Waals surface area (Å²) in [5.74, 6) is 0.256. The van der Waals surface area contributed by atoms with Gasteiger partial charge in [0.2, 0.25) is 5.91 Å². The first-order valence-corrected chi connectivity index (χ1v) is 9.04. The average Bonchev–Trinajstić information content (AvgIpc) is 2.77. The number of nitrogens with zero attached hydrogens (tertiary/aromatic N) is 3. The molecule has 5 nitrogen and oxygen atoms in total. The van der Waals surface area contributed by atoms with Crippen molar-refractivity contribution in [3.05, 3.63) is 35.5 Å². The Morgan fingerprint density at radius 3 is 2.36 bits per heavy atom. The molecule has 25 heavy (non-hydrogen) atoms. The molecular formula is C20H27N3O2. The van der Waals surface area contributed by atoms with Crippen molar-refractivity contribution in [1.29, 1.82) is 0 Å². The molecule has 0 spiro atoms. The number of aromatic nitrogens is 1. The zero-order valence-electron chi connectivity index (χ0n) is 15.6. The summed E-state index contributed by atoms with van der Waals surface area (Å²) in [5, 5.41) is 1.01. The highest BCUT2D eigenvalue weighted by atomic mass is 16.2. The minimum atomic E-state index is 0.00237. The van der Waals surface area contributed by atoms with Crippen molar-refractivity contribution >= 4 is 22.7 Å². The molecule has 2 aromatic rings. The first kappa shape index (κ1) is 17.5. The second kappa shape index (κ2) is 6.90. The predicted octanol–water partition coefficient (Wildman–Crippen LogP) is 2.82. The summed E-state index contributed by atoms with van der Waals surface area (Å²) in [5.41, 5.74) is 2.86. The van der Waals surface area contributed by atoms with E-state index in [1.807, 2.05) is 61.9 Å². The number of rotatable bonds is 2. The number of carbonyl (C=O) groups is 2. The number of carbonyl (C=O) groups excluding carboxylic acids is 2. The first-order chi connectivity index (χ1) is 11.9. The van der Waals surface area contributed by atoms with Gasteiger partial charge >= 0.3 is 0 Å². The number of amides is 2. The van der Waals surface area contributed by atoms with Crippen molar-refractivity contribution < 1.29 is 9.59 Å². The maximum atomic E-state index is 13.2. The topological polar surface area (TPSA) is 45.6 Å². The molecule has 1 aliphatic rings. The number of hydrogen-bond donors (Lipinski definition) is 0. The van der Waals surface area contributed by atoms with E-state index < -0.39 is 0 Å². The number of para-hydroxylation sites is 1. The van der Waals surface area contributed by atoms with Crippen molar-refractivity contribution in [2.75, 3.05) is 26.2 Å². The van der Waals surface area contributed by atoms with Crippen LogP contribution in [0.4, 0.5) is 0 Å². The third kappa shape index (κ3) is 3.15. The zero-order chi connectivity index (χ0) is 18.1. The Labute approximate surface area is 149 Å². The smallest absolute Gasteiger partial charge is 0.256 e. The molecule has 2 amide bonds. The van der Waals surface area contributed by atoms with Crippen molar-refractivity contribution in [2.45, 2.75) is 27.2 Å².